The fourth-order valence-electron chi connectivity index (χ4n) is 2.29. The lowest BCUT2D eigenvalue weighted by Gasteiger charge is -2.17. The average Bonchev–Trinajstić information content (AvgIpc) is 2.79. The lowest BCUT2D eigenvalue weighted by Crippen LogP contribution is -2.44. The Hall–Kier alpha value is -1.46. The van der Waals surface area contributed by atoms with Gasteiger partial charge in [0.25, 0.3) is 0 Å². The van der Waals surface area contributed by atoms with Crippen molar-refractivity contribution in [2.75, 3.05) is 6.54 Å². The van der Waals surface area contributed by atoms with Gasteiger partial charge in [-0.25, -0.2) is 4.39 Å². The van der Waals surface area contributed by atoms with E-state index in [1.54, 1.807) is 12.1 Å². The smallest absolute Gasteiger partial charge is 0.237 e. The lowest BCUT2D eigenvalue weighted by atomic mass is 10.1. The first-order valence-corrected chi connectivity index (χ1v) is 6.51. The lowest BCUT2D eigenvalue weighted by molar-refractivity contribution is -0.123. The van der Waals surface area contributed by atoms with Crippen LogP contribution in [-0.4, -0.2) is 35.7 Å². The predicted molar refractivity (Wildman–Crippen MR) is 70.1 cm³/mol. The largest absolute Gasteiger partial charge is 0.392 e. The molecular weight excluding hydrogens is 247 g/mol. The van der Waals surface area contributed by atoms with Gasteiger partial charge in [0.2, 0.25) is 5.91 Å². The van der Waals surface area contributed by atoms with E-state index in [0.29, 0.717) is 19.4 Å². The van der Waals surface area contributed by atoms with Gasteiger partial charge in [0.15, 0.2) is 0 Å². The zero-order valence-electron chi connectivity index (χ0n) is 10.9. The van der Waals surface area contributed by atoms with E-state index in [1.807, 2.05) is 6.92 Å². The highest BCUT2D eigenvalue weighted by Crippen LogP contribution is 2.08. The van der Waals surface area contributed by atoms with Gasteiger partial charge in [-0.05, 0) is 37.5 Å². The molecule has 1 aromatic carbocycles. The van der Waals surface area contributed by atoms with Crippen LogP contribution in [0.15, 0.2) is 24.3 Å². The molecule has 3 atom stereocenters. The number of carbonyl (C=O) groups is 1. The van der Waals surface area contributed by atoms with E-state index in [4.69, 9.17) is 0 Å². The van der Waals surface area contributed by atoms with Crippen LogP contribution >= 0.6 is 0 Å². The van der Waals surface area contributed by atoms with Crippen molar-refractivity contribution < 1.29 is 14.3 Å². The van der Waals surface area contributed by atoms with Gasteiger partial charge in [-0.1, -0.05) is 12.1 Å². The van der Waals surface area contributed by atoms with E-state index in [2.05, 4.69) is 10.6 Å². The highest BCUT2D eigenvalue weighted by molar-refractivity contribution is 5.82. The Morgan fingerprint density at radius 2 is 2.21 bits per heavy atom. The molecule has 5 heteroatoms. The van der Waals surface area contributed by atoms with Crippen molar-refractivity contribution >= 4 is 5.91 Å². The molecule has 1 fully saturated rings. The van der Waals surface area contributed by atoms with Crippen LogP contribution in [0.1, 0.15) is 18.9 Å². The molecular formula is C14H19FN2O2. The van der Waals surface area contributed by atoms with E-state index >= 15 is 0 Å². The summed E-state index contributed by atoms with van der Waals surface area (Å²) in [6.45, 7) is 2.37. The van der Waals surface area contributed by atoms with E-state index in [1.165, 1.54) is 12.1 Å². The Labute approximate surface area is 112 Å². The summed E-state index contributed by atoms with van der Waals surface area (Å²) >= 11 is 0. The fourth-order valence-corrected chi connectivity index (χ4v) is 2.29. The van der Waals surface area contributed by atoms with Gasteiger partial charge in [-0.15, -0.1) is 0 Å². The van der Waals surface area contributed by atoms with Crippen molar-refractivity contribution in [2.24, 2.45) is 0 Å². The van der Waals surface area contributed by atoms with Crippen LogP contribution in [0.5, 0.6) is 0 Å². The maximum absolute atomic E-state index is 12.8. The van der Waals surface area contributed by atoms with Gasteiger partial charge in [-0.3, -0.25) is 4.79 Å². The summed E-state index contributed by atoms with van der Waals surface area (Å²) in [5, 5.41) is 15.2. The highest BCUT2D eigenvalue weighted by Gasteiger charge is 2.28. The summed E-state index contributed by atoms with van der Waals surface area (Å²) in [7, 11) is 0. The van der Waals surface area contributed by atoms with Crippen LogP contribution < -0.4 is 10.6 Å². The zero-order chi connectivity index (χ0) is 13.8. The molecule has 0 aliphatic carbocycles. The normalized spacial score (nSPS) is 24.2. The Bertz CT molecular complexity index is 436. The molecule has 4 nitrogen and oxygen atoms in total. The van der Waals surface area contributed by atoms with Gasteiger partial charge >= 0.3 is 0 Å². The van der Waals surface area contributed by atoms with Crippen molar-refractivity contribution in [1.82, 2.24) is 10.6 Å². The third-order valence-corrected chi connectivity index (χ3v) is 3.27. The molecule has 0 spiro atoms. The molecule has 1 heterocycles. The average molecular weight is 266 g/mol. The van der Waals surface area contributed by atoms with Crippen LogP contribution in [0.25, 0.3) is 0 Å². The van der Waals surface area contributed by atoms with E-state index in [9.17, 15) is 14.3 Å². The maximum atomic E-state index is 12.8. The Morgan fingerprint density at radius 3 is 2.79 bits per heavy atom. The number of aliphatic hydroxyl groups excluding tert-OH is 1. The van der Waals surface area contributed by atoms with Crippen LogP contribution in [0.2, 0.25) is 0 Å². The Balaban J connectivity index is 1.82. The van der Waals surface area contributed by atoms with Gasteiger partial charge in [0.1, 0.15) is 5.82 Å². The number of amides is 1. The molecule has 1 aliphatic rings. The van der Waals surface area contributed by atoms with Crippen molar-refractivity contribution in [3.63, 3.8) is 0 Å². The minimum atomic E-state index is -0.442. The second-order valence-electron chi connectivity index (χ2n) is 5.09. The molecule has 1 saturated heterocycles. The second-order valence-corrected chi connectivity index (χ2v) is 5.09. The minimum absolute atomic E-state index is 0.0301. The monoisotopic (exact) mass is 266 g/mol. The summed E-state index contributed by atoms with van der Waals surface area (Å²) in [5.74, 6) is -0.351. The first-order valence-electron chi connectivity index (χ1n) is 6.51. The van der Waals surface area contributed by atoms with Crippen LogP contribution in [0.3, 0.4) is 0 Å². The third kappa shape index (κ3) is 4.01. The number of carbonyl (C=O) groups excluding carboxylic acids is 1. The number of hydrogen-bond acceptors (Lipinski definition) is 3. The fraction of sp³-hybridized carbons (Fsp3) is 0.500. The molecule has 104 valence electrons. The first-order chi connectivity index (χ1) is 9.04. The van der Waals surface area contributed by atoms with E-state index in [0.717, 1.165) is 5.56 Å². The number of hydrogen-bond donors (Lipinski definition) is 3. The van der Waals surface area contributed by atoms with Crippen molar-refractivity contribution in [2.45, 2.75) is 38.0 Å². The minimum Gasteiger partial charge on any atom is -0.392 e. The number of aliphatic hydroxyl groups is 1. The number of halogens is 1. The summed E-state index contributed by atoms with van der Waals surface area (Å²) in [6, 6.07) is 5.92. The number of benzene rings is 1. The molecule has 1 aliphatic heterocycles. The summed E-state index contributed by atoms with van der Waals surface area (Å²) in [5.41, 5.74) is 0.980. The molecule has 2 rings (SSSR count). The van der Waals surface area contributed by atoms with Crippen molar-refractivity contribution in [1.29, 1.82) is 0 Å². The first kappa shape index (κ1) is 14.0. The zero-order valence-corrected chi connectivity index (χ0v) is 10.9. The Morgan fingerprint density at radius 1 is 1.53 bits per heavy atom. The summed E-state index contributed by atoms with van der Waals surface area (Å²) in [6.07, 6.45) is 0.666. The second kappa shape index (κ2) is 6.12. The predicted octanol–water partition coefficient (Wildman–Crippen LogP) is 0.596. The van der Waals surface area contributed by atoms with Crippen LogP contribution in [-0.2, 0) is 11.2 Å². The van der Waals surface area contributed by atoms with E-state index in [-0.39, 0.29) is 23.8 Å². The van der Waals surface area contributed by atoms with Crippen LogP contribution in [0, 0.1) is 5.82 Å². The van der Waals surface area contributed by atoms with E-state index < -0.39 is 6.10 Å². The third-order valence-electron chi connectivity index (χ3n) is 3.27. The van der Waals surface area contributed by atoms with Gasteiger partial charge in [0, 0.05) is 12.6 Å². The molecule has 19 heavy (non-hydrogen) atoms. The van der Waals surface area contributed by atoms with Crippen LogP contribution in [0.4, 0.5) is 4.39 Å². The molecule has 1 aromatic rings. The summed E-state index contributed by atoms with van der Waals surface area (Å²) in [4.78, 5) is 11.9. The quantitative estimate of drug-likeness (QED) is 0.748. The Kier molecular flexibility index (Phi) is 4.50. The molecule has 3 N–H and O–H groups in total. The molecule has 1 amide bonds. The van der Waals surface area contributed by atoms with Crippen molar-refractivity contribution in [3.8, 4) is 0 Å². The molecule has 0 bridgehead atoms. The van der Waals surface area contributed by atoms with Gasteiger partial charge in [0.05, 0.1) is 12.1 Å². The van der Waals surface area contributed by atoms with Gasteiger partial charge < -0.3 is 15.7 Å². The number of nitrogens with one attached hydrogen (secondary N) is 2. The highest BCUT2D eigenvalue weighted by atomic mass is 19.1. The molecule has 0 saturated carbocycles. The number of β-amino-alcohol motifs (C(OH)–C–C–N with tert-alkyl or cyclic N) is 1. The summed E-state index contributed by atoms with van der Waals surface area (Å²) < 4.78 is 12.8. The molecule has 0 radical (unpaired) electrons. The standard InChI is InChI=1S/C14H19FN2O2/c1-9(6-10-2-4-11(15)5-3-10)17-14(19)13-7-12(18)8-16-13/h2-5,9,12-13,16,18H,6-8H2,1H3,(H,17,19). The SMILES string of the molecule is CC(Cc1ccc(F)cc1)NC(=O)C1CC(O)CN1. The van der Waals surface area contributed by atoms with Gasteiger partial charge in [-0.2, -0.15) is 0 Å². The molecule has 3 unspecified atom stereocenters. The molecule has 0 aromatic heterocycles. The van der Waals surface area contributed by atoms with Crippen molar-refractivity contribution in [3.05, 3.63) is 35.6 Å². The topological polar surface area (TPSA) is 61.4 Å². The maximum Gasteiger partial charge on any atom is 0.237 e. The number of rotatable bonds is 4.